The zero-order valence-electron chi connectivity index (χ0n) is 12.4. The van der Waals surface area contributed by atoms with E-state index in [-0.39, 0.29) is 0 Å². The van der Waals surface area contributed by atoms with Crippen molar-refractivity contribution < 1.29 is 0 Å². The number of anilines is 1. The molecule has 1 aromatic heterocycles. The molecule has 0 aromatic carbocycles. The van der Waals surface area contributed by atoms with Crippen LogP contribution < -0.4 is 10.6 Å². The third kappa shape index (κ3) is 3.24. The lowest BCUT2D eigenvalue weighted by atomic mass is 10.1. The van der Waals surface area contributed by atoms with Crippen LogP contribution in [0.5, 0.6) is 0 Å². The van der Waals surface area contributed by atoms with Crippen LogP contribution in [0.3, 0.4) is 0 Å². The Labute approximate surface area is 116 Å². The highest BCUT2D eigenvalue weighted by molar-refractivity contribution is 5.50. The molecule has 1 fully saturated rings. The second-order valence-electron chi connectivity index (χ2n) is 5.81. The summed E-state index contributed by atoms with van der Waals surface area (Å²) in [5, 5.41) is 0. The van der Waals surface area contributed by atoms with Gasteiger partial charge in [-0.2, -0.15) is 0 Å². The Morgan fingerprint density at radius 1 is 1.37 bits per heavy atom. The molecular weight excluding hydrogens is 236 g/mol. The van der Waals surface area contributed by atoms with Gasteiger partial charge in [-0.05, 0) is 19.8 Å². The van der Waals surface area contributed by atoms with Crippen molar-refractivity contribution in [2.45, 2.75) is 65.0 Å². The summed E-state index contributed by atoms with van der Waals surface area (Å²) in [5.74, 6) is 1.24. The van der Waals surface area contributed by atoms with Gasteiger partial charge in [-0.3, -0.25) is 0 Å². The highest BCUT2D eigenvalue weighted by Crippen LogP contribution is 2.26. The fraction of sp³-hybridized carbons (Fsp3) is 0.733. The molecule has 0 bridgehead atoms. The maximum atomic E-state index is 5.89. The van der Waals surface area contributed by atoms with Crippen LogP contribution in [0, 0.1) is 0 Å². The Kier molecular flexibility index (Phi) is 4.75. The van der Waals surface area contributed by atoms with Crippen LogP contribution in [0.1, 0.15) is 63.9 Å². The average molecular weight is 262 g/mol. The van der Waals surface area contributed by atoms with Crippen LogP contribution in [0.4, 0.5) is 5.69 Å². The van der Waals surface area contributed by atoms with Crippen molar-refractivity contribution in [2.75, 3.05) is 11.4 Å². The molecule has 1 atom stereocenters. The van der Waals surface area contributed by atoms with E-state index >= 15 is 0 Å². The van der Waals surface area contributed by atoms with Crippen molar-refractivity contribution in [1.29, 1.82) is 0 Å². The molecule has 0 radical (unpaired) electrons. The van der Waals surface area contributed by atoms with E-state index in [0.717, 1.165) is 23.8 Å². The predicted octanol–water partition coefficient (Wildman–Crippen LogP) is 2.83. The largest absolute Gasteiger partial charge is 0.366 e. The Hall–Kier alpha value is -1.16. The van der Waals surface area contributed by atoms with Crippen molar-refractivity contribution in [1.82, 2.24) is 9.97 Å². The van der Waals surface area contributed by atoms with Gasteiger partial charge in [-0.25, -0.2) is 9.97 Å². The van der Waals surface area contributed by atoms with E-state index in [1.54, 1.807) is 0 Å². The van der Waals surface area contributed by atoms with Gasteiger partial charge in [0.15, 0.2) is 0 Å². The van der Waals surface area contributed by atoms with Gasteiger partial charge in [0.05, 0.1) is 17.6 Å². The minimum absolute atomic E-state index is 0.348. The Morgan fingerprint density at radius 3 is 2.84 bits per heavy atom. The van der Waals surface area contributed by atoms with E-state index in [0.29, 0.717) is 18.5 Å². The quantitative estimate of drug-likeness (QED) is 0.910. The number of aromatic nitrogens is 2. The standard InChI is InChI=1S/C15H26N4/c1-11(2)15-17-10-14(13(9-16)18-15)19-8-6-4-5-7-12(19)3/h10-12H,4-9,16H2,1-3H3. The monoisotopic (exact) mass is 262 g/mol. The molecule has 0 amide bonds. The molecule has 4 heteroatoms. The molecule has 0 spiro atoms. The molecule has 1 saturated heterocycles. The first-order valence-corrected chi connectivity index (χ1v) is 7.46. The summed E-state index contributed by atoms with van der Waals surface area (Å²) in [4.78, 5) is 11.6. The van der Waals surface area contributed by atoms with Gasteiger partial charge in [0.2, 0.25) is 0 Å². The molecule has 4 nitrogen and oxygen atoms in total. The first kappa shape index (κ1) is 14.3. The Bertz CT molecular complexity index is 417. The zero-order chi connectivity index (χ0) is 13.8. The van der Waals surface area contributed by atoms with Crippen molar-refractivity contribution >= 4 is 5.69 Å². The first-order chi connectivity index (χ1) is 9.13. The number of rotatable bonds is 3. The summed E-state index contributed by atoms with van der Waals surface area (Å²) in [6.07, 6.45) is 7.12. The molecule has 1 aliphatic heterocycles. The summed E-state index contributed by atoms with van der Waals surface area (Å²) < 4.78 is 0. The predicted molar refractivity (Wildman–Crippen MR) is 79.3 cm³/mol. The Morgan fingerprint density at radius 2 is 2.16 bits per heavy atom. The topological polar surface area (TPSA) is 55.0 Å². The Balaban J connectivity index is 2.32. The van der Waals surface area contributed by atoms with Gasteiger partial charge in [-0.1, -0.05) is 26.7 Å². The third-order valence-electron chi connectivity index (χ3n) is 3.94. The fourth-order valence-corrected chi connectivity index (χ4v) is 2.73. The summed E-state index contributed by atoms with van der Waals surface area (Å²) in [7, 11) is 0. The van der Waals surface area contributed by atoms with Crippen LogP contribution in [-0.2, 0) is 6.54 Å². The molecule has 1 aliphatic rings. The van der Waals surface area contributed by atoms with Crippen LogP contribution >= 0.6 is 0 Å². The molecule has 0 saturated carbocycles. The van der Waals surface area contributed by atoms with Crippen LogP contribution in [0.2, 0.25) is 0 Å². The fourth-order valence-electron chi connectivity index (χ4n) is 2.73. The minimum atomic E-state index is 0.348. The van der Waals surface area contributed by atoms with Crippen molar-refractivity contribution in [3.05, 3.63) is 17.7 Å². The molecule has 2 N–H and O–H groups in total. The second-order valence-corrected chi connectivity index (χ2v) is 5.81. The maximum Gasteiger partial charge on any atom is 0.131 e. The molecule has 2 heterocycles. The van der Waals surface area contributed by atoms with Gasteiger partial charge in [0, 0.05) is 25.0 Å². The molecule has 1 unspecified atom stereocenters. The van der Waals surface area contributed by atoms with E-state index in [2.05, 4.69) is 35.6 Å². The minimum Gasteiger partial charge on any atom is -0.366 e. The summed E-state index contributed by atoms with van der Waals surface area (Å²) in [6.45, 7) is 8.11. The highest BCUT2D eigenvalue weighted by atomic mass is 15.2. The zero-order valence-corrected chi connectivity index (χ0v) is 12.4. The van der Waals surface area contributed by atoms with E-state index in [1.165, 1.54) is 25.7 Å². The highest BCUT2D eigenvalue weighted by Gasteiger charge is 2.21. The van der Waals surface area contributed by atoms with Crippen LogP contribution in [0.25, 0.3) is 0 Å². The summed E-state index contributed by atoms with van der Waals surface area (Å²) in [5.41, 5.74) is 8.03. The second kappa shape index (κ2) is 6.33. The lowest BCUT2D eigenvalue weighted by Gasteiger charge is -2.30. The van der Waals surface area contributed by atoms with Gasteiger partial charge >= 0.3 is 0 Å². The molecular formula is C15H26N4. The van der Waals surface area contributed by atoms with E-state index < -0.39 is 0 Å². The average Bonchev–Trinajstić information content (AvgIpc) is 2.62. The lowest BCUT2D eigenvalue weighted by Crippen LogP contribution is -2.34. The van der Waals surface area contributed by atoms with Gasteiger partial charge in [0.1, 0.15) is 5.82 Å². The van der Waals surface area contributed by atoms with Gasteiger partial charge in [0.25, 0.3) is 0 Å². The van der Waals surface area contributed by atoms with E-state index in [4.69, 9.17) is 5.73 Å². The maximum absolute atomic E-state index is 5.89. The summed E-state index contributed by atoms with van der Waals surface area (Å²) >= 11 is 0. The number of nitrogens with two attached hydrogens (primary N) is 1. The third-order valence-corrected chi connectivity index (χ3v) is 3.94. The first-order valence-electron chi connectivity index (χ1n) is 7.46. The molecule has 2 rings (SSSR count). The normalized spacial score (nSPS) is 20.7. The van der Waals surface area contributed by atoms with Gasteiger partial charge in [-0.15, -0.1) is 0 Å². The number of hydrogen-bond acceptors (Lipinski definition) is 4. The van der Waals surface area contributed by atoms with E-state index in [9.17, 15) is 0 Å². The lowest BCUT2D eigenvalue weighted by molar-refractivity contribution is 0.610. The van der Waals surface area contributed by atoms with Crippen LogP contribution in [0.15, 0.2) is 6.20 Å². The summed E-state index contributed by atoms with van der Waals surface area (Å²) in [6, 6.07) is 0.557. The molecule has 1 aromatic rings. The SMILES string of the molecule is CC(C)c1ncc(N2CCCCCC2C)c(CN)n1. The molecule has 106 valence electrons. The van der Waals surface area contributed by atoms with Crippen molar-refractivity contribution in [3.63, 3.8) is 0 Å². The van der Waals surface area contributed by atoms with Crippen molar-refractivity contribution in [2.24, 2.45) is 5.73 Å². The van der Waals surface area contributed by atoms with Crippen LogP contribution in [-0.4, -0.2) is 22.6 Å². The smallest absolute Gasteiger partial charge is 0.131 e. The molecule has 0 aliphatic carbocycles. The van der Waals surface area contributed by atoms with E-state index in [1.807, 2.05) is 6.20 Å². The van der Waals surface area contributed by atoms with Gasteiger partial charge < -0.3 is 10.6 Å². The molecule has 19 heavy (non-hydrogen) atoms. The van der Waals surface area contributed by atoms with Crippen molar-refractivity contribution in [3.8, 4) is 0 Å². The number of hydrogen-bond donors (Lipinski definition) is 1. The number of nitrogens with zero attached hydrogens (tertiary/aromatic N) is 3.